The molecule has 0 spiro atoms. The van der Waals surface area contributed by atoms with Crippen LogP contribution in [0.2, 0.25) is 0 Å². The van der Waals surface area contributed by atoms with Crippen molar-refractivity contribution in [2.45, 2.75) is 32.1 Å². The Bertz CT molecular complexity index is 1700. The smallest absolute Gasteiger partial charge is 0.394 e. The van der Waals surface area contributed by atoms with E-state index < -0.39 is 16.4 Å². The summed E-state index contributed by atoms with van der Waals surface area (Å²) in [4.78, 5) is 36.4. The van der Waals surface area contributed by atoms with Gasteiger partial charge in [0, 0.05) is 35.4 Å². The molecule has 1 atom stereocenters. The molecular formula is C27H26N4O8S. The number of rotatable bonds is 5. The average Bonchev–Trinajstić information content (AvgIpc) is 3.50. The fourth-order valence-electron chi connectivity index (χ4n) is 4.99. The van der Waals surface area contributed by atoms with Gasteiger partial charge in [0.2, 0.25) is 0 Å². The molecule has 0 saturated carbocycles. The number of hydrogen-bond acceptors (Lipinski definition) is 8. The zero-order chi connectivity index (χ0) is 28.4. The van der Waals surface area contributed by atoms with Gasteiger partial charge in [0.1, 0.15) is 11.4 Å². The first-order valence-corrected chi connectivity index (χ1v) is 13.9. The van der Waals surface area contributed by atoms with Crippen LogP contribution in [0.4, 0.5) is 5.69 Å². The third-order valence-corrected chi connectivity index (χ3v) is 6.50. The Morgan fingerprint density at radius 2 is 1.90 bits per heavy atom. The van der Waals surface area contributed by atoms with Crippen molar-refractivity contribution in [1.29, 1.82) is 0 Å². The van der Waals surface area contributed by atoms with Gasteiger partial charge in [-0.1, -0.05) is 24.3 Å². The summed E-state index contributed by atoms with van der Waals surface area (Å²) in [7, 11) is -4.67. The van der Waals surface area contributed by atoms with Crippen LogP contribution >= 0.6 is 0 Å². The lowest BCUT2D eigenvalue weighted by molar-refractivity contribution is -0.116. The molecule has 208 valence electrons. The number of ether oxygens (including phenoxy) is 2. The summed E-state index contributed by atoms with van der Waals surface area (Å²) in [5, 5.41) is 3.37. The van der Waals surface area contributed by atoms with Crippen LogP contribution in [0.1, 0.15) is 53.7 Å². The van der Waals surface area contributed by atoms with Gasteiger partial charge in [-0.15, -0.1) is 0 Å². The monoisotopic (exact) mass is 566 g/mol. The molecule has 0 fully saturated rings. The van der Waals surface area contributed by atoms with E-state index in [2.05, 4.69) is 20.3 Å². The highest BCUT2D eigenvalue weighted by Gasteiger charge is 2.38. The Kier molecular flexibility index (Phi) is 7.43. The Balaban J connectivity index is 0.000000595. The molecule has 3 heterocycles. The van der Waals surface area contributed by atoms with Crippen molar-refractivity contribution < 1.29 is 36.6 Å². The second-order valence-corrected chi connectivity index (χ2v) is 10.0. The molecule has 1 unspecified atom stereocenters. The lowest BCUT2D eigenvalue weighted by Crippen LogP contribution is -2.27. The lowest BCUT2D eigenvalue weighted by Gasteiger charge is -2.32. The maximum absolute atomic E-state index is 13.1. The number of para-hydroxylation sites is 2. The molecule has 6 rings (SSSR count). The summed E-state index contributed by atoms with van der Waals surface area (Å²) in [6.07, 6.45) is 3.83. The van der Waals surface area contributed by atoms with Crippen LogP contribution in [0.25, 0.3) is 11.0 Å². The van der Waals surface area contributed by atoms with Crippen molar-refractivity contribution in [3.05, 3.63) is 82.8 Å². The predicted molar refractivity (Wildman–Crippen MR) is 145 cm³/mol. The number of nitrogens with one attached hydrogen (secondary N) is 3. The Hall–Kier alpha value is -4.46. The van der Waals surface area contributed by atoms with Crippen molar-refractivity contribution in [1.82, 2.24) is 15.0 Å². The van der Waals surface area contributed by atoms with E-state index in [0.29, 0.717) is 29.6 Å². The largest absolute Gasteiger partial charge is 0.461 e. The van der Waals surface area contributed by atoms with Crippen molar-refractivity contribution in [2.75, 3.05) is 11.9 Å². The molecule has 0 bridgehead atoms. The van der Waals surface area contributed by atoms with Crippen LogP contribution in [0.15, 0.2) is 66.0 Å². The third-order valence-electron chi connectivity index (χ3n) is 6.50. The number of esters is 1. The van der Waals surface area contributed by atoms with E-state index in [1.807, 2.05) is 48.5 Å². The van der Waals surface area contributed by atoms with Crippen LogP contribution < -0.4 is 10.1 Å². The van der Waals surface area contributed by atoms with Crippen LogP contribution in [-0.2, 0) is 19.9 Å². The molecule has 2 aromatic heterocycles. The second-order valence-electron chi connectivity index (χ2n) is 9.12. The van der Waals surface area contributed by atoms with E-state index in [1.165, 1.54) is 0 Å². The number of imidazole rings is 1. The number of benzene rings is 2. The summed E-state index contributed by atoms with van der Waals surface area (Å²) in [5.74, 6) is -0.0223. The number of hydrogen-bond donors (Lipinski definition) is 5. The minimum Gasteiger partial charge on any atom is -0.461 e. The van der Waals surface area contributed by atoms with E-state index in [1.54, 1.807) is 13.1 Å². The molecule has 0 radical (unpaired) electrons. The van der Waals surface area contributed by atoms with Gasteiger partial charge in [-0.3, -0.25) is 13.9 Å². The Morgan fingerprint density at radius 3 is 2.65 bits per heavy atom. The normalized spacial score (nSPS) is 16.4. The highest BCUT2D eigenvalue weighted by molar-refractivity contribution is 7.79. The van der Waals surface area contributed by atoms with Crippen molar-refractivity contribution >= 4 is 38.9 Å². The van der Waals surface area contributed by atoms with Crippen LogP contribution in [0.3, 0.4) is 0 Å². The number of ketones is 1. The number of aromatic nitrogens is 3. The van der Waals surface area contributed by atoms with E-state index in [9.17, 15) is 9.59 Å². The summed E-state index contributed by atoms with van der Waals surface area (Å²) in [6.45, 7) is 2.06. The maximum atomic E-state index is 13.1. The number of nitrogens with zero attached hydrogens (tertiary/aromatic N) is 1. The second kappa shape index (κ2) is 11.0. The third kappa shape index (κ3) is 5.76. The molecule has 1 aliphatic heterocycles. The van der Waals surface area contributed by atoms with Gasteiger partial charge >= 0.3 is 16.4 Å². The highest BCUT2D eigenvalue weighted by Crippen LogP contribution is 2.47. The van der Waals surface area contributed by atoms with Gasteiger partial charge in [0.15, 0.2) is 5.78 Å². The van der Waals surface area contributed by atoms with Gasteiger partial charge in [-0.25, -0.2) is 4.79 Å². The number of carbonyl (C=O) groups is 2. The molecule has 1 aliphatic carbocycles. The van der Waals surface area contributed by atoms with Crippen molar-refractivity contribution in [2.24, 2.45) is 0 Å². The van der Waals surface area contributed by atoms with E-state index in [4.69, 9.17) is 27.0 Å². The standard InChI is InChI=1S/C27H24N4O4.H2O4S/c1-2-34-26(33)25-24-17(14-28-25)22(23-20(29-24)11-6-12-21(23)32)15-7-5-8-16(13-15)35-27-30-18-9-3-4-10-19(18)31-27;1-5(2,3)4/h3-5,7-10,13-14,22,28-29H,2,6,11-12H2,1H3,(H,30,31);(H2,1,2,3,4). The highest BCUT2D eigenvalue weighted by atomic mass is 32.3. The van der Waals surface area contributed by atoms with Crippen molar-refractivity contribution in [3.8, 4) is 11.8 Å². The van der Waals surface area contributed by atoms with Gasteiger partial charge in [-0.05, 0) is 49.6 Å². The van der Waals surface area contributed by atoms with Crippen molar-refractivity contribution in [3.63, 3.8) is 0 Å². The summed E-state index contributed by atoms with van der Waals surface area (Å²) >= 11 is 0. The number of Topliss-reactive ketones (excluding diaryl/α,β-unsaturated/α-hetero) is 1. The Morgan fingerprint density at radius 1 is 1.12 bits per heavy atom. The minimum absolute atomic E-state index is 0.122. The first-order chi connectivity index (χ1) is 19.1. The summed E-state index contributed by atoms with van der Waals surface area (Å²) < 4.78 is 42.9. The number of H-pyrrole nitrogens is 2. The topological polar surface area (TPSA) is 184 Å². The van der Waals surface area contributed by atoms with E-state index >= 15 is 0 Å². The van der Waals surface area contributed by atoms with E-state index in [0.717, 1.165) is 46.3 Å². The molecule has 0 amide bonds. The molecule has 40 heavy (non-hydrogen) atoms. The number of fused-ring (bicyclic) bond motifs is 2. The summed E-state index contributed by atoms with van der Waals surface area (Å²) in [5.41, 5.74) is 6.11. The fraction of sp³-hybridized carbons (Fsp3) is 0.222. The molecule has 12 nitrogen and oxygen atoms in total. The zero-order valence-corrected chi connectivity index (χ0v) is 22.1. The molecule has 2 aromatic carbocycles. The average molecular weight is 567 g/mol. The molecule has 4 aromatic rings. The van der Waals surface area contributed by atoms with Gasteiger partial charge < -0.3 is 24.8 Å². The quantitative estimate of drug-likeness (QED) is 0.166. The Labute approximate surface area is 229 Å². The van der Waals surface area contributed by atoms with Crippen LogP contribution in [0, 0.1) is 0 Å². The lowest BCUT2D eigenvalue weighted by atomic mass is 9.76. The number of allylic oxidation sites excluding steroid dienone is 2. The molecular weight excluding hydrogens is 540 g/mol. The zero-order valence-electron chi connectivity index (χ0n) is 21.3. The number of anilines is 1. The molecule has 5 N–H and O–H groups in total. The first kappa shape index (κ1) is 27.1. The minimum atomic E-state index is -4.67. The van der Waals surface area contributed by atoms with Crippen LogP contribution in [0.5, 0.6) is 11.8 Å². The maximum Gasteiger partial charge on any atom is 0.394 e. The summed E-state index contributed by atoms with van der Waals surface area (Å²) in [6, 6.07) is 15.8. The number of aromatic amines is 2. The molecule has 2 aliphatic rings. The molecule has 13 heteroatoms. The fourth-order valence-corrected chi connectivity index (χ4v) is 4.99. The van der Waals surface area contributed by atoms with E-state index in [-0.39, 0.29) is 18.3 Å². The predicted octanol–water partition coefficient (Wildman–Crippen LogP) is 4.77. The SMILES string of the molecule is CCOC(=O)c1[nH]cc2c1NC1=C(C(=O)CCC1)C2c1cccc(Oc2nc3ccccc3[nH]2)c1.O=S(=O)(O)O. The molecule has 0 saturated heterocycles. The van der Waals surface area contributed by atoms with Gasteiger partial charge in [-0.2, -0.15) is 13.4 Å². The number of carbonyl (C=O) groups excluding carboxylic acids is 2. The van der Waals surface area contributed by atoms with Crippen LogP contribution in [-0.4, -0.2) is 50.8 Å². The van der Waals surface area contributed by atoms with Gasteiger partial charge in [0.05, 0.1) is 23.3 Å². The first-order valence-electron chi connectivity index (χ1n) is 12.5. The van der Waals surface area contributed by atoms with Gasteiger partial charge in [0.25, 0.3) is 6.01 Å².